The fraction of sp³-hybridized carbons (Fsp3) is 0.0909. The van der Waals surface area contributed by atoms with Gasteiger partial charge in [0.1, 0.15) is 17.2 Å². The molecule has 3 aromatic rings. The molecule has 0 saturated heterocycles. The minimum absolute atomic E-state index is 0.0840. The topological polar surface area (TPSA) is 145 Å². The van der Waals surface area contributed by atoms with Gasteiger partial charge in [0.15, 0.2) is 5.84 Å². The van der Waals surface area contributed by atoms with Crippen molar-refractivity contribution in [3.05, 3.63) is 87.6 Å². The Morgan fingerprint density at radius 2 is 1.59 bits per heavy atom. The van der Waals surface area contributed by atoms with E-state index >= 15 is 0 Å². The van der Waals surface area contributed by atoms with Gasteiger partial charge in [-0.1, -0.05) is 18.2 Å². The number of rotatable bonds is 6. The van der Waals surface area contributed by atoms with Gasteiger partial charge in [-0.15, -0.1) is 4.40 Å². The maximum absolute atomic E-state index is 13.0. The SMILES string of the molecule is COc1ccc(OC)c(N=C2N=c3ccccc3=N/C2=N\S(=O)(=O)c2cccc([N+](=O)[O-])c2)c1. The van der Waals surface area contributed by atoms with E-state index in [1.54, 1.807) is 42.5 Å². The third kappa shape index (κ3) is 4.66. The average Bonchev–Trinajstić information content (AvgIpc) is 2.84. The monoisotopic (exact) mass is 479 g/mol. The van der Waals surface area contributed by atoms with Gasteiger partial charge in [0.25, 0.3) is 15.7 Å². The molecule has 0 N–H and O–H groups in total. The molecule has 11 nitrogen and oxygen atoms in total. The number of para-hydroxylation sites is 2. The number of hydrogen-bond acceptors (Lipinski definition) is 7. The maximum atomic E-state index is 13.0. The molecule has 3 aromatic carbocycles. The van der Waals surface area contributed by atoms with Gasteiger partial charge in [0.05, 0.1) is 34.8 Å². The van der Waals surface area contributed by atoms with Crippen LogP contribution in [0.25, 0.3) is 0 Å². The molecule has 0 amide bonds. The Hall–Kier alpha value is -4.45. The Kier molecular flexibility index (Phi) is 6.15. The molecule has 172 valence electrons. The number of fused-ring (bicyclic) bond motifs is 1. The largest absolute Gasteiger partial charge is 0.497 e. The van der Waals surface area contributed by atoms with Crippen LogP contribution >= 0.6 is 0 Å². The fourth-order valence-electron chi connectivity index (χ4n) is 3.04. The summed E-state index contributed by atoms with van der Waals surface area (Å²) in [4.78, 5) is 23.2. The summed E-state index contributed by atoms with van der Waals surface area (Å²) in [5.74, 6) is 0.522. The number of aliphatic imine (C=N–C) groups is 1. The molecule has 0 bridgehead atoms. The summed E-state index contributed by atoms with van der Waals surface area (Å²) >= 11 is 0. The van der Waals surface area contributed by atoms with Crippen molar-refractivity contribution in [3.8, 4) is 11.5 Å². The number of nitro benzene ring substituents is 1. The minimum atomic E-state index is -4.38. The molecule has 0 atom stereocenters. The molecule has 0 aromatic heterocycles. The Morgan fingerprint density at radius 3 is 2.24 bits per heavy atom. The van der Waals surface area contributed by atoms with E-state index in [9.17, 15) is 18.5 Å². The lowest BCUT2D eigenvalue weighted by Crippen LogP contribution is -2.34. The second-order valence-electron chi connectivity index (χ2n) is 6.83. The molecule has 4 rings (SSSR count). The first-order chi connectivity index (χ1) is 16.3. The summed E-state index contributed by atoms with van der Waals surface area (Å²) in [5.41, 5.74) is -0.0671. The summed E-state index contributed by atoms with van der Waals surface area (Å²) < 4.78 is 40.4. The number of amidine groups is 2. The van der Waals surface area contributed by atoms with Gasteiger partial charge < -0.3 is 9.47 Å². The summed E-state index contributed by atoms with van der Waals surface area (Å²) in [6.45, 7) is 0. The van der Waals surface area contributed by atoms with Crippen molar-refractivity contribution in [2.45, 2.75) is 4.90 Å². The third-order valence-corrected chi connectivity index (χ3v) is 5.94. The van der Waals surface area contributed by atoms with Crippen LogP contribution in [0.2, 0.25) is 0 Å². The lowest BCUT2D eigenvalue weighted by Gasteiger charge is -2.10. The van der Waals surface area contributed by atoms with Crippen molar-refractivity contribution < 1.29 is 22.8 Å². The van der Waals surface area contributed by atoms with Crippen LogP contribution in [-0.4, -0.2) is 39.2 Å². The summed E-state index contributed by atoms with van der Waals surface area (Å²) in [6.07, 6.45) is 0. The number of hydrogen-bond donors (Lipinski definition) is 0. The number of non-ortho nitro benzene ring substituents is 1. The third-order valence-electron chi connectivity index (χ3n) is 4.68. The second-order valence-corrected chi connectivity index (χ2v) is 8.43. The zero-order valence-corrected chi connectivity index (χ0v) is 18.8. The first-order valence-corrected chi connectivity index (χ1v) is 11.2. The van der Waals surface area contributed by atoms with Crippen molar-refractivity contribution in [3.63, 3.8) is 0 Å². The van der Waals surface area contributed by atoms with Crippen LogP contribution in [0, 0.1) is 10.1 Å². The van der Waals surface area contributed by atoms with E-state index in [0.717, 1.165) is 6.07 Å². The lowest BCUT2D eigenvalue weighted by atomic mass is 10.2. The van der Waals surface area contributed by atoms with Gasteiger partial charge >= 0.3 is 0 Å². The predicted molar refractivity (Wildman–Crippen MR) is 123 cm³/mol. The highest BCUT2D eigenvalue weighted by molar-refractivity contribution is 7.90. The van der Waals surface area contributed by atoms with Gasteiger partial charge in [-0.3, -0.25) is 10.1 Å². The molecule has 12 heteroatoms. The summed E-state index contributed by atoms with van der Waals surface area (Å²) in [7, 11) is -1.42. The van der Waals surface area contributed by atoms with E-state index in [0.29, 0.717) is 27.9 Å². The van der Waals surface area contributed by atoms with E-state index in [1.165, 1.54) is 32.4 Å². The van der Waals surface area contributed by atoms with Crippen LogP contribution in [0.4, 0.5) is 11.4 Å². The van der Waals surface area contributed by atoms with Gasteiger partial charge in [0.2, 0.25) is 5.84 Å². The smallest absolute Gasteiger partial charge is 0.284 e. The maximum Gasteiger partial charge on any atom is 0.284 e. The highest BCUT2D eigenvalue weighted by Crippen LogP contribution is 2.32. The van der Waals surface area contributed by atoms with Crippen LogP contribution in [0.15, 0.2) is 91.0 Å². The van der Waals surface area contributed by atoms with E-state index in [2.05, 4.69) is 19.4 Å². The van der Waals surface area contributed by atoms with Crippen LogP contribution in [0.1, 0.15) is 0 Å². The highest BCUT2D eigenvalue weighted by atomic mass is 32.2. The lowest BCUT2D eigenvalue weighted by molar-refractivity contribution is -0.385. The Balaban J connectivity index is 1.92. The number of ether oxygens (including phenoxy) is 2. The molecule has 0 unspecified atom stereocenters. The van der Waals surface area contributed by atoms with Crippen molar-refractivity contribution in [1.82, 2.24) is 0 Å². The fourth-order valence-corrected chi connectivity index (χ4v) is 4.02. The highest BCUT2D eigenvalue weighted by Gasteiger charge is 2.22. The van der Waals surface area contributed by atoms with Gasteiger partial charge in [-0.2, -0.15) is 8.42 Å². The number of nitro groups is 1. The van der Waals surface area contributed by atoms with Crippen molar-refractivity contribution in [1.29, 1.82) is 0 Å². The van der Waals surface area contributed by atoms with E-state index < -0.39 is 14.9 Å². The van der Waals surface area contributed by atoms with Gasteiger partial charge in [-0.25, -0.2) is 15.0 Å². The Morgan fingerprint density at radius 1 is 0.882 bits per heavy atom. The number of benzene rings is 3. The first-order valence-electron chi connectivity index (χ1n) is 9.74. The number of nitrogens with zero attached hydrogens (tertiary/aromatic N) is 5. The van der Waals surface area contributed by atoms with Crippen molar-refractivity contribution >= 4 is 33.1 Å². The molecule has 0 radical (unpaired) electrons. The van der Waals surface area contributed by atoms with Crippen LogP contribution in [0.5, 0.6) is 11.5 Å². The van der Waals surface area contributed by atoms with Crippen molar-refractivity contribution in [2.75, 3.05) is 14.2 Å². The first kappa shape index (κ1) is 22.7. The van der Waals surface area contributed by atoms with Crippen LogP contribution in [0.3, 0.4) is 0 Å². The molecule has 1 aliphatic heterocycles. The summed E-state index contributed by atoms with van der Waals surface area (Å²) in [5, 5.41) is 11.9. The predicted octanol–water partition coefficient (Wildman–Crippen LogP) is 2.38. The number of sulfonamides is 1. The molecule has 0 aliphatic carbocycles. The normalized spacial score (nSPS) is 15.2. The standard InChI is InChI=1S/C22H17N5O6S/c1-32-15-10-11-20(33-2)19(13-15)25-21-22(24-18-9-4-3-8-17(18)23-21)26-34(30,31)16-7-5-6-14(12-16)27(28)29/h3-13H,1-2H3/b25-21?,26-22-. The number of methoxy groups -OCH3 is 2. The molecule has 1 aliphatic rings. The van der Waals surface area contributed by atoms with E-state index in [4.69, 9.17) is 9.47 Å². The molecule has 0 spiro atoms. The minimum Gasteiger partial charge on any atom is -0.497 e. The Labute approximate surface area is 193 Å². The molecular weight excluding hydrogens is 462 g/mol. The molecular formula is C22H17N5O6S. The van der Waals surface area contributed by atoms with Crippen molar-refractivity contribution in [2.24, 2.45) is 19.4 Å². The van der Waals surface area contributed by atoms with Gasteiger partial charge in [0, 0.05) is 18.2 Å². The van der Waals surface area contributed by atoms with Crippen LogP contribution in [-0.2, 0) is 10.0 Å². The second kappa shape index (κ2) is 9.19. The van der Waals surface area contributed by atoms with Gasteiger partial charge in [-0.05, 0) is 30.3 Å². The summed E-state index contributed by atoms with van der Waals surface area (Å²) in [6, 6.07) is 16.3. The zero-order valence-electron chi connectivity index (χ0n) is 17.9. The average molecular weight is 479 g/mol. The van der Waals surface area contributed by atoms with Crippen LogP contribution < -0.4 is 20.2 Å². The quantitative estimate of drug-likeness (QED) is 0.392. The zero-order chi connectivity index (χ0) is 24.3. The molecule has 1 heterocycles. The van der Waals surface area contributed by atoms with E-state index in [-0.39, 0.29) is 22.3 Å². The Bertz CT molecular complexity index is 1580. The molecule has 34 heavy (non-hydrogen) atoms. The molecule has 0 fully saturated rings. The van der Waals surface area contributed by atoms with E-state index in [1.807, 2.05) is 0 Å². The molecule has 0 saturated carbocycles.